The molecule has 0 aliphatic heterocycles. The summed E-state index contributed by atoms with van der Waals surface area (Å²) in [4.78, 5) is 12.7. The van der Waals surface area contributed by atoms with E-state index >= 15 is 0 Å². The Morgan fingerprint density at radius 1 is 1.33 bits per heavy atom. The highest BCUT2D eigenvalue weighted by Gasteiger charge is 2.17. The fourth-order valence-corrected chi connectivity index (χ4v) is 2.58. The number of carboxylic acid groups (broad SMARTS) is 1. The van der Waals surface area contributed by atoms with E-state index in [1.54, 1.807) is 0 Å². The van der Waals surface area contributed by atoms with Crippen molar-refractivity contribution in [1.82, 2.24) is 14.8 Å². The lowest BCUT2D eigenvalue weighted by molar-refractivity contribution is -0.133. The predicted octanol–water partition coefficient (Wildman–Crippen LogP) is 2.46. The molecule has 1 N–H and O–H groups in total. The second kappa shape index (κ2) is 6.62. The molecule has 7 heteroatoms. The third-order valence-electron chi connectivity index (χ3n) is 3.04. The van der Waals surface area contributed by atoms with Crippen LogP contribution in [0.4, 0.5) is 11.6 Å². The van der Waals surface area contributed by atoms with Gasteiger partial charge in [-0.25, -0.2) is 0 Å². The number of hydrogen-bond acceptors (Lipinski definition) is 5. The van der Waals surface area contributed by atoms with Gasteiger partial charge < -0.3 is 10.0 Å². The molecule has 0 fully saturated rings. The van der Waals surface area contributed by atoms with E-state index in [9.17, 15) is 4.79 Å². The summed E-state index contributed by atoms with van der Waals surface area (Å²) in [6.45, 7) is 4.83. The fraction of sp³-hybridized carbons (Fsp3) is 0.357. The molecular formula is C14H18N4O2S. The maximum absolute atomic E-state index is 10.6. The first-order valence-corrected chi connectivity index (χ1v) is 7.59. The molecule has 112 valence electrons. The summed E-state index contributed by atoms with van der Waals surface area (Å²) < 4.78 is 1.82. The van der Waals surface area contributed by atoms with Crippen LogP contribution in [0.2, 0.25) is 0 Å². The first-order valence-electron chi connectivity index (χ1n) is 6.61. The van der Waals surface area contributed by atoms with Crippen molar-refractivity contribution in [3.05, 3.63) is 29.8 Å². The van der Waals surface area contributed by atoms with E-state index in [2.05, 4.69) is 22.3 Å². The van der Waals surface area contributed by atoms with Gasteiger partial charge in [0.05, 0.1) is 5.75 Å². The Labute approximate surface area is 127 Å². The molecular weight excluding hydrogens is 288 g/mol. The lowest BCUT2D eigenvalue weighted by Gasteiger charge is -2.21. The molecule has 21 heavy (non-hydrogen) atoms. The number of aliphatic carboxylic acids is 1. The molecule has 0 saturated heterocycles. The molecule has 0 unspecified atom stereocenters. The molecule has 0 amide bonds. The Kier molecular flexibility index (Phi) is 4.85. The van der Waals surface area contributed by atoms with Crippen LogP contribution < -0.4 is 4.90 Å². The van der Waals surface area contributed by atoms with Gasteiger partial charge in [0.15, 0.2) is 5.16 Å². The molecule has 0 spiro atoms. The molecule has 0 radical (unpaired) electrons. The number of hydrogen-bond donors (Lipinski definition) is 1. The van der Waals surface area contributed by atoms with Crippen molar-refractivity contribution in [2.24, 2.45) is 7.05 Å². The third kappa shape index (κ3) is 3.55. The van der Waals surface area contributed by atoms with E-state index in [4.69, 9.17) is 5.11 Å². The number of nitrogens with zero attached hydrogens (tertiary/aromatic N) is 4. The molecule has 0 aliphatic rings. The summed E-state index contributed by atoms with van der Waals surface area (Å²) in [6.07, 6.45) is 0. The van der Waals surface area contributed by atoms with E-state index in [-0.39, 0.29) is 5.75 Å². The van der Waals surface area contributed by atoms with Gasteiger partial charge in [-0.15, -0.1) is 10.2 Å². The number of carboxylic acids is 1. The minimum atomic E-state index is -0.865. The standard InChI is InChI=1S/C14H18N4O2S/c1-4-18(11-7-5-10(2)6-8-11)13-15-16-14(17(13)3)21-9-12(19)20/h5-8H,4,9H2,1-3H3,(H,19,20). The Bertz CT molecular complexity index is 624. The molecule has 0 aliphatic carbocycles. The van der Waals surface area contributed by atoms with Crippen LogP contribution >= 0.6 is 11.8 Å². The zero-order valence-corrected chi connectivity index (χ0v) is 13.1. The molecule has 0 atom stereocenters. The topological polar surface area (TPSA) is 71.2 Å². The van der Waals surface area contributed by atoms with E-state index < -0.39 is 5.97 Å². The maximum atomic E-state index is 10.6. The second-order valence-electron chi connectivity index (χ2n) is 4.60. The van der Waals surface area contributed by atoms with Crippen molar-refractivity contribution in [3.63, 3.8) is 0 Å². The average Bonchev–Trinajstić information content (AvgIpc) is 2.81. The van der Waals surface area contributed by atoms with Crippen LogP contribution in [-0.4, -0.2) is 38.1 Å². The van der Waals surface area contributed by atoms with Crippen molar-refractivity contribution in [1.29, 1.82) is 0 Å². The Morgan fingerprint density at radius 2 is 2.00 bits per heavy atom. The largest absolute Gasteiger partial charge is 0.481 e. The highest BCUT2D eigenvalue weighted by molar-refractivity contribution is 7.99. The zero-order valence-electron chi connectivity index (χ0n) is 12.3. The monoisotopic (exact) mass is 306 g/mol. The summed E-state index contributed by atoms with van der Waals surface area (Å²) in [5, 5.41) is 17.6. The number of carbonyl (C=O) groups is 1. The first kappa shape index (κ1) is 15.4. The smallest absolute Gasteiger partial charge is 0.313 e. The van der Waals surface area contributed by atoms with Gasteiger partial charge >= 0.3 is 5.97 Å². The van der Waals surface area contributed by atoms with Crippen LogP contribution in [0.25, 0.3) is 0 Å². The van der Waals surface area contributed by atoms with Crippen LogP contribution in [0.15, 0.2) is 29.4 Å². The average molecular weight is 306 g/mol. The summed E-state index contributed by atoms with van der Waals surface area (Å²) in [6, 6.07) is 8.18. The first-order chi connectivity index (χ1) is 10.0. The second-order valence-corrected chi connectivity index (χ2v) is 5.55. The molecule has 0 bridgehead atoms. The molecule has 2 rings (SSSR count). The van der Waals surface area contributed by atoms with Gasteiger partial charge in [-0.05, 0) is 26.0 Å². The number of aromatic nitrogens is 3. The number of thioether (sulfide) groups is 1. The van der Waals surface area contributed by atoms with E-state index in [1.807, 2.05) is 42.5 Å². The zero-order chi connectivity index (χ0) is 15.4. The molecule has 6 nitrogen and oxygen atoms in total. The van der Waals surface area contributed by atoms with Gasteiger partial charge in [-0.3, -0.25) is 9.36 Å². The minimum absolute atomic E-state index is 0.0252. The van der Waals surface area contributed by atoms with E-state index in [0.29, 0.717) is 11.1 Å². The van der Waals surface area contributed by atoms with Gasteiger partial charge in [0.1, 0.15) is 0 Å². The SMILES string of the molecule is CCN(c1ccc(C)cc1)c1nnc(SCC(=O)O)n1C. The van der Waals surface area contributed by atoms with Gasteiger partial charge in [0.25, 0.3) is 0 Å². The fourth-order valence-electron chi connectivity index (χ4n) is 1.96. The third-order valence-corrected chi connectivity index (χ3v) is 4.04. The normalized spacial score (nSPS) is 10.6. The summed E-state index contributed by atoms with van der Waals surface area (Å²) in [5.41, 5.74) is 2.24. The van der Waals surface area contributed by atoms with Crippen molar-refractivity contribution < 1.29 is 9.90 Å². The quantitative estimate of drug-likeness (QED) is 0.827. The van der Waals surface area contributed by atoms with Gasteiger partial charge in [-0.2, -0.15) is 0 Å². The molecule has 2 aromatic rings. The molecule has 1 aromatic heterocycles. The van der Waals surface area contributed by atoms with Crippen molar-refractivity contribution in [3.8, 4) is 0 Å². The number of rotatable bonds is 6. The van der Waals surface area contributed by atoms with Crippen molar-refractivity contribution in [2.75, 3.05) is 17.2 Å². The van der Waals surface area contributed by atoms with Crippen LogP contribution in [0.1, 0.15) is 12.5 Å². The highest BCUT2D eigenvalue weighted by atomic mass is 32.2. The van der Waals surface area contributed by atoms with Crippen LogP contribution in [-0.2, 0) is 11.8 Å². The lowest BCUT2D eigenvalue weighted by atomic mass is 10.2. The molecule has 0 saturated carbocycles. The Balaban J connectivity index is 2.26. The van der Waals surface area contributed by atoms with Gasteiger partial charge in [0.2, 0.25) is 5.95 Å². The number of anilines is 2. The summed E-state index contributed by atoms with van der Waals surface area (Å²) in [5.74, 6) is -0.188. The number of aryl methyl sites for hydroxylation is 1. The van der Waals surface area contributed by atoms with E-state index in [0.717, 1.165) is 24.0 Å². The lowest BCUT2D eigenvalue weighted by Crippen LogP contribution is -2.20. The number of benzene rings is 1. The van der Waals surface area contributed by atoms with E-state index in [1.165, 1.54) is 5.56 Å². The minimum Gasteiger partial charge on any atom is -0.481 e. The van der Waals surface area contributed by atoms with Crippen molar-refractivity contribution >= 4 is 29.4 Å². The molecule has 1 heterocycles. The van der Waals surface area contributed by atoms with Crippen LogP contribution in [0.5, 0.6) is 0 Å². The summed E-state index contributed by atoms with van der Waals surface area (Å²) >= 11 is 1.16. The van der Waals surface area contributed by atoms with Crippen LogP contribution in [0.3, 0.4) is 0 Å². The Morgan fingerprint density at radius 3 is 2.57 bits per heavy atom. The summed E-state index contributed by atoms with van der Waals surface area (Å²) in [7, 11) is 1.84. The van der Waals surface area contributed by atoms with Crippen molar-refractivity contribution in [2.45, 2.75) is 19.0 Å². The highest BCUT2D eigenvalue weighted by Crippen LogP contribution is 2.26. The maximum Gasteiger partial charge on any atom is 0.313 e. The van der Waals surface area contributed by atoms with Gasteiger partial charge in [-0.1, -0.05) is 29.5 Å². The predicted molar refractivity (Wildman–Crippen MR) is 83.2 cm³/mol. The molecule has 1 aromatic carbocycles. The van der Waals surface area contributed by atoms with Gasteiger partial charge in [0, 0.05) is 19.3 Å². The Hall–Kier alpha value is -2.02. The van der Waals surface area contributed by atoms with Crippen LogP contribution in [0, 0.1) is 6.92 Å².